The Balaban J connectivity index is 2.72. The quantitative estimate of drug-likeness (QED) is 0.610. The fraction of sp³-hybridized carbons (Fsp3) is 0.222. The molecule has 0 amide bonds. The highest BCUT2D eigenvalue weighted by molar-refractivity contribution is 5.68. The highest BCUT2D eigenvalue weighted by Crippen LogP contribution is 2.01. The van der Waals surface area contributed by atoms with Crippen LogP contribution in [0.25, 0.3) is 11.2 Å². The van der Waals surface area contributed by atoms with Gasteiger partial charge in [0.1, 0.15) is 0 Å². The van der Waals surface area contributed by atoms with Crippen molar-refractivity contribution in [3.05, 3.63) is 27.2 Å². The van der Waals surface area contributed by atoms with Gasteiger partial charge in [-0.3, -0.25) is 14.8 Å². The van der Waals surface area contributed by atoms with Gasteiger partial charge in [-0.15, -0.1) is 5.92 Å². The second kappa shape index (κ2) is 3.46. The van der Waals surface area contributed by atoms with Crippen molar-refractivity contribution >= 4 is 11.2 Å². The summed E-state index contributed by atoms with van der Waals surface area (Å²) in [5, 5.41) is 0. The van der Waals surface area contributed by atoms with Crippen LogP contribution in [-0.4, -0.2) is 19.5 Å². The molecule has 2 aromatic heterocycles. The number of hydrogen-bond donors (Lipinski definition) is 2. The minimum atomic E-state index is -0.556. The minimum Gasteiger partial charge on any atom is -0.313 e. The topological polar surface area (TPSA) is 83.5 Å². The highest BCUT2D eigenvalue weighted by atomic mass is 16.2. The van der Waals surface area contributed by atoms with Gasteiger partial charge in [0.15, 0.2) is 11.2 Å². The van der Waals surface area contributed by atoms with E-state index >= 15 is 0 Å². The zero-order chi connectivity index (χ0) is 10.8. The van der Waals surface area contributed by atoms with Crippen molar-refractivity contribution in [2.24, 2.45) is 0 Å². The predicted molar refractivity (Wildman–Crippen MR) is 54.4 cm³/mol. The minimum absolute atomic E-state index is 0.279. The van der Waals surface area contributed by atoms with Crippen LogP contribution in [0.3, 0.4) is 0 Å². The molecule has 2 N–H and O–H groups in total. The van der Waals surface area contributed by atoms with Crippen LogP contribution in [0.1, 0.15) is 6.92 Å². The summed E-state index contributed by atoms with van der Waals surface area (Å²) < 4.78 is 1.58. The summed E-state index contributed by atoms with van der Waals surface area (Å²) in [5.74, 6) is 5.53. The Morgan fingerprint density at radius 2 is 2.27 bits per heavy atom. The molecule has 0 fully saturated rings. The molecule has 0 atom stereocenters. The van der Waals surface area contributed by atoms with E-state index in [-0.39, 0.29) is 5.65 Å². The predicted octanol–water partition coefficient (Wildman–Crippen LogP) is -0.564. The number of aromatic amines is 2. The molecule has 15 heavy (non-hydrogen) atoms. The Morgan fingerprint density at radius 1 is 1.47 bits per heavy atom. The van der Waals surface area contributed by atoms with Gasteiger partial charge in [0.2, 0.25) is 0 Å². The van der Waals surface area contributed by atoms with Gasteiger partial charge in [0, 0.05) is 0 Å². The maximum atomic E-state index is 11.5. The number of rotatable bonds is 1. The molecule has 0 saturated heterocycles. The summed E-state index contributed by atoms with van der Waals surface area (Å²) in [4.78, 5) is 30.9. The number of fused-ring (bicyclic) bond motifs is 1. The fourth-order valence-electron chi connectivity index (χ4n) is 1.30. The Morgan fingerprint density at radius 3 is 3.00 bits per heavy atom. The van der Waals surface area contributed by atoms with Crippen LogP contribution >= 0.6 is 0 Å². The SMILES string of the molecule is CC#CCn1cnc2[nH]c(=O)[nH]c(=O)c21. The summed E-state index contributed by atoms with van der Waals surface area (Å²) >= 11 is 0. The van der Waals surface area contributed by atoms with Crippen molar-refractivity contribution in [2.75, 3.05) is 0 Å². The number of hydrogen-bond acceptors (Lipinski definition) is 3. The maximum absolute atomic E-state index is 11.5. The summed E-state index contributed by atoms with van der Waals surface area (Å²) in [6.45, 7) is 2.09. The first-order valence-corrected chi connectivity index (χ1v) is 4.29. The number of nitrogens with one attached hydrogen (secondary N) is 2. The van der Waals surface area contributed by atoms with E-state index in [1.165, 1.54) is 6.33 Å². The summed E-state index contributed by atoms with van der Waals surface area (Å²) in [6.07, 6.45) is 1.47. The van der Waals surface area contributed by atoms with E-state index in [1.807, 2.05) is 0 Å². The van der Waals surface area contributed by atoms with Crippen LogP contribution < -0.4 is 11.2 Å². The number of nitrogens with zero attached hydrogens (tertiary/aromatic N) is 2. The first-order chi connectivity index (χ1) is 7.22. The van der Waals surface area contributed by atoms with Gasteiger partial charge in [-0.05, 0) is 6.92 Å². The molecule has 2 aromatic rings. The maximum Gasteiger partial charge on any atom is 0.327 e. The molecule has 0 saturated carbocycles. The largest absolute Gasteiger partial charge is 0.327 e. The zero-order valence-electron chi connectivity index (χ0n) is 8.00. The molecule has 0 aliphatic rings. The third kappa shape index (κ3) is 1.55. The van der Waals surface area contributed by atoms with E-state index in [9.17, 15) is 9.59 Å². The Kier molecular flexibility index (Phi) is 2.14. The van der Waals surface area contributed by atoms with Crippen molar-refractivity contribution < 1.29 is 0 Å². The van der Waals surface area contributed by atoms with E-state index in [1.54, 1.807) is 11.5 Å². The van der Waals surface area contributed by atoms with Crippen LogP contribution in [0.4, 0.5) is 0 Å². The van der Waals surface area contributed by atoms with Gasteiger partial charge in [-0.2, -0.15) is 0 Å². The molecular weight excluding hydrogens is 196 g/mol. The molecular formula is C9H8N4O2. The first-order valence-electron chi connectivity index (χ1n) is 4.29. The monoisotopic (exact) mass is 204 g/mol. The van der Waals surface area contributed by atoms with E-state index < -0.39 is 11.2 Å². The zero-order valence-corrected chi connectivity index (χ0v) is 8.00. The smallest absolute Gasteiger partial charge is 0.313 e. The molecule has 0 spiro atoms. The summed E-state index contributed by atoms with van der Waals surface area (Å²) in [7, 11) is 0. The second-order valence-corrected chi connectivity index (χ2v) is 2.90. The molecule has 0 aliphatic heterocycles. The van der Waals surface area contributed by atoms with E-state index in [4.69, 9.17) is 0 Å². The standard InChI is InChI=1S/C9H8N4O2/c1-2-3-4-13-5-10-7-6(13)8(14)12-9(15)11-7/h5H,4H2,1H3,(H2,11,12,14,15). The third-order valence-corrected chi connectivity index (χ3v) is 1.94. The van der Waals surface area contributed by atoms with Crippen molar-refractivity contribution in [1.82, 2.24) is 19.5 Å². The Bertz CT molecular complexity index is 665. The van der Waals surface area contributed by atoms with Crippen LogP contribution in [0.2, 0.25) is 0 Å². The second-order valence-electron chi connectivity index (χ2n) is 2.90. The lowest BCUT2D eigenvalue weighted by molar-refractivity contribution is 0.862. The average molecular weight is 204 g/mol. The number of H-pyrrole nitrogens is 2. The molecule has 0 aromatic carbocycles. The lowest BCUT2D eigenvalue weighted by atomic mass is 10.5. The van der Waals surface area contributed by atoms with Crippen molar-refractivity contribution in [1.29, 1.82) is 0 Å². The lowest BCUT2D eigenvalue weighted by Crippen LogP contribution is -2.23. The molecule has 0 bridgehead atoms. The lowest BCUT2D eigenvalue weighted by Gasteiger charge is -1.95. The molecule has 2 heterocycles. The van der Waals surface area contributed by atoms with Crippen molar-refractivity contribution in [3.63, 3.8) is 0 Å². The summed E-state index contributed by atoms with van der Waals surface area (Å²) in [5.41, 5.74) is -0.400. The molecule has 6 heteroatoms. The molecule has 6 nitrogen and oxygen atoms in total. The molecule has 0 unspecified atom stereocenters. The Labute approximate surface area is 84.0 Å². The van der Waals surface area contributed by atoms with Gasteiger partial charge < -0.3 is 4.57 Å². The van der Waals surface area contributed by atoms with Gasteiger partial charge in [-0.25, -0.2) is 9.78 Å². The molecule has 2 rings (SSSR count). The van der Waals surface area contributed by atoms with Gasteiger partial charge >= 0.3 is 5.69 Å². The van der Waals surface area contributed by atoms with Crippen LogP contribution in [0.5, 0.6) is 0 Å². The Hall–Kier alpha value is -2.29. The molecule has 0 radical (unpaired) electrons. The number of imidazole rings is 1. The van der Waals surface area contributed by atoms with Crippen LogP contribution in [0.15, 0.2) is 15.9 Å². The first kappa shape index (κ1) is 9.27. The fourth-order valence-corrected chi connectivity index (χ4v) is 1.30. The van der Waals surface area contributed by atoms with Gasteiger partial charge in [0.25, 0.3) is 5.56 Å². The van der Waals surface area contributed by atoms with Crippen molar-refractivity contribution in [3.8, 4) is 11.8 Å². The molecule has 76 valence electrons. The van der Waals surface area contributed by atoms with Gasteiger partial charge in [-0.1, -0.05) is 5.92 Å². The third-order valence-electron chi connectivity index (χ3n) is 1.94. The van der Waals surface area contributed by atoms with Gasteiger partial charge in [0.05, 0.1) is 12.9 Å². The van der Waals surface area contributed by atoms with Crippen LogP contribution in [0, 0.1) is 11.8 Å². The average Bonchev–Trinajstić information content (AvgIpc) is 2.58. The molecule has 0 aliphatic carbocycles. The van der Waals surface area contributed by atoms with E-state index in [2.05, 4.69) is 26.8 Å². The van der Waals surface area contributed by atoms with Crippen molar-refractivity contribution in [2.45, 2.75) is 13.5 Å². The number of aromatic nitrogens is 4. The highest BCUT2D eigenvalue weighted by Gasteiger charge is 2.06. The van der Waals surface area contributed by atoms with E-state index in [0.717, 1.165) is 0 Å². The summed E-state index contributed by atoms with van der Waals surface area (Å²) in [6, 6.07) is 0. The normalized spacial score (nSPS) is 9.93. The van der Waals surface area contributed by atoms with E-state index in [0.29, 0.717) is 12.1 Å². The van der Waals surface area contributed by atoms with Crippen LogP contribution in [-0.2, 0) is 6.54 Å².